The summed E-state index contributed by atoms with van der Waals surface area (Å²) >= 11 is 2.69. The first-order valence-electron chi connectivity index (χ1n) is 9.88. The van der Waals surface area contributed by atoms with Gasteiger partial charge in [0.05, 0.1) is 15.1 Å². The molecule has 1 heterocycles. The third-order valence-corrected chi connectivity index (χ3v) is 7.41. The maximum Gasteiger partial charge on any atom is 0.338 e. The zero-order valence-electron chi connectivity index (χ0n) is 17.7. The standard InChI is InChI=1S/C22H21NO8S2/c1-13(24)29-19-18(31-21(26)15-6-4-3-5-7-15)12-32-22(20(19)30-14(2)25)33-17-10-8-16(9-11-17)23(27)28/h3-11,18-20,22H,12H2,1-2H3/t18-,19-,20+,22+/m0/s1. The number of non-ortho nitro benzene ring substituents is 1. The zero-order chi connectivity index (χ0) is 24.0. The molecule has 0 aromatic heterocycles. The molecule has 1 aliphatic heterocycles. The van der Waals surface area contributed by atoms with E-state index in [4.69, 9.17) is 14.2 Å². The first-order chi connectivity index (χ1) is 15.7. The Bertz CT molecular complexity index is 1010. The molecule has 1 aliphatic rings. The van der Waals surface area contributed by atoms with Crippen LogP contribution in [-0.4, -0.2) is 51.5 Å². The Morgan fingerprint density at radius 3 is 2.12 bits per heavy atom. The van der Waals surface area contributed by atoms with Crippen LogP contribution in [0.25, 0.3) is 0 Å². The Morgan fingerprint density at radius 1 is 0.939 bits per heavy atom. The normalized spacial score (nSPS) is 22.1. The highest BCUT2D eigenvalue weighted by Gasteiger charge is 2.47. The Kier molecular flexibility index (Phi) is 8.34. The molecule has 4 atom stereocenters. The van der Waals surface area contributed by atoms with E-state index in [1.165, 1.54) is 49.5 Å². The van der Waals surface area contributed by atoms with Crippen molar-refractivity contribution in [3.63, 3.8) is 0 Å². The molecule has 0 saturated carbocycles. The largest absolute Gasteiger partial charge is 0.456 e. The van der Waals surface area contributed by atoms with Crippen LogP contribution in [0.3, 0.4) is 0 Å². The fraction of sp³-hybridized carbons (Fsp3) is 0.318. The number of thioether (sulfide) groups is 2. The Hall–Kier alpha value is -3.05. The molecule has 0 bridgehead atoms. The number of nitro groups is 1. The lowest BCUT2D eigenvalue weighted by Crippen LogP contribution is -2.53. The summed E-state index contributed by atoms with van der Waals surface area (Å²) in [6.45, 7) is 2.46. The molecule has 9 nitrogen and oxygen atoms in total. The Morgan fingerprint density at radius 2 is 1.55 bits per heavy atom. The lowest BCUT2D eigenvalue weighted by molar-refractivity contribution is -0.384. The quantitative estimate of drug-likeness (QED) is 0.244. The average Bonchev–Trinajstić information content (AvgIpc) is 2.78. The monoisotopic (exact) mass is 491 g/mol. The van der Waals surface area contributed by atoms with Crippen molar-refractivity contribution in [2.45, 2.75) is 41.6 Å². The van der Waals surface area contributed by atoms with E-state index < -0.39 is 45.7 Å². The third kappa shape index (κ3) is 6.72. The number of hydrogen-bond donors (Lipinski definition) is 0. The van der Waals surface area contributed by atoms with E-state index in [0.717, 1.165) is 0 Å². The molecule has 33 heavy (non-hydrogen) atoms. The number of rotatable bonds is 7. The number of nitro benzene ring substituents is 1. The second-order valence-corrected chi connectivity index (χ2v) is 9.72. The number of esters is 3. The van der Waals surface area contributed by atoms with Crippen LogP contribution >= 0.6 is 23.5 Å². The Labute approximate surface area is 198 Å². The molecule has 1 saturated heterocycles. The molecule has 174 valence electrons. The minimum Gasteiger partial charge on any atom is -0.456 e. The van der Waals surface area contributed by atoms with Crippen molar-refractivity contribution in [1.82, 2.24) is 0 Å². The second kappa shape index (κ2) is 11.2. The van der Waals surface area contributed by atoms with Crippen LogP contribution in [0.2, 0.25) is 0 Å². The van der Waals surface area contributed by atoms with Gasteiger partial charge in [0.1, 0.15) is 0 Å². The maximum absolute atomic E-state index is 12.6. The molecule has 0 amide bonds. The fourth-order valence-electron chi connectivity index (χ4n) is 3.16. The fourth-order valence-corrected chi connectivity index (χ4v) is 5.94. The summed E-state index contributed by atoms with van der Waals surface area (Å²) in [7, 11) is 0. The number of hydrogen-bond acceptors (Lipinski definition) is 10. The van der Waals surface area contributed by atoms with Gasteiger partial charge in [-0.15, -0.1) is 23.5 Å². The van der Waals surface area contributed by atoms with Crippen LogP contribution in [-0.2, 0) is 23.8 Å². The van der Waals surface area contributed by atoms with Gasteiger partial charge in [-0.1, -0.05) is 18.2 Å². The Balaban J connectivity index is 1.82. The van der Waals surface area contributed by atoms with Gasteiger partial charge in [-0.05, 0) is 24.3 Å². The summed E-state index contributed by atoms with van der Waals surface area (Å²) in [5, 5.41) is 10.9. The molecule has 2 aromatic rings. The van der Waals surface area contributed by atoms with Crippen molar-refractivity contribution in [2.75, 3.05) is 5.75 Å². The highest BCUT2D eigenvalue weighted by Crippen LogP contribution is 2.42. The summed E-state index contributed by atoms with van der Waals surface area (Å²) in [5.41, 5.74) is 0.299. The van der Waals surface area contributed by atoms with Gasteiger partial charge in [0.15, 0.2) is 18.3 Å². The predicted molar refractivity (Wildman–Crippen MR) is 122 cm³/mol. The van der Waals surface area contributed by atoms with Crippen molar-refractivity contribution in [2.24, 2.45) is 0 Å². The van der Waals surface area contributed by atoms with E-state index >= 15 is 0 Å². The van der Waals surface area contributed by atoms with Gasteiger partial charge in [-0.3, -0.25) is 19.7 Å². The molecule has 0 spiro atoms. The van der Waals surface area contributed by atoms with E-state index in [2.05, 4.69) is 0 Å². The van der Waals surface area contributed by atoms with Crippen molar-refractivity contribution in [1.29, 1.82) is 0 Å². The average molecular weight is 492 g/mol. The highest BCUT2D eigenvalue weighted by atomic mass is 32.2. The van der Waals surface area contributed by atoms with Gasteiger partial charge < -0.3 is 14.2 Å². The number of carbonyl (C=O) groups excluding carboxylic acids is 3. The minimum absolute atomic E-state index is 0.0436. The molecule has 11 heteroatoms. The van der Waals surface area contributed by atoms with Gasteiger partial charge in [-0.2, -0.15) is 0 Å². The van der Waals surface area contributed by atoms with E-state index in [-0.39, 0.29) is 5.69 Å². The van der Waals surface area contributed by atoms with Crippen LogP contribution in [0.15, 0.2) is 59.5 Å². The molecular formula is C22H21NO8S2. The van der Waals surface area contributed by atoms with Gasteiger partial charge in [0.25, 0.3) is 5.69 Å². The molecule has 2 aromatic carbocycles. The molecule has 0 N–H and O–H groups in total. The van der Waals surface area contributed by atoms with Crippen molar-refractivity contribution in [3.8, 4) is 0 Å². The van der Waals surface area contributed by atoms with Gasteiger partial charge in [-0.25, -0.2) is 4.79 Å². The predicted octanol–water partition coefficient (Wildman–Crippen LogP) is 3.85. The number of carbonyl (C=O) groups is 3. The van der Waals surface area contributed by atoms with Gasteiger partial charge in [0.2, 0.25) is 0 Å². The summed E-state index contributed by atoms with van der Waals surface area (Å²) < 4.78 is 16.2. The van der Waals surface area contributed by atoms with Crippen molar-refractivity contribution >= 4 is 47.1 Å². The van der Waals surface area contributed by atoms with Crippen LogP contribution in [0.4, 0.5) is 5.69 Å². The maximum atomic E-state index is 12.6. The van der Waals surface area contributed by atoms with E-state index in [1.807, 2.05) is 0 Å². The number of benzene rings is 2. The lowest BCUT2D eigenvalue weighted by Gasteiger charge is -2.40. The van der Waals surface area contributed by atoms with Crippen LogP contribution in [0, 0.1) is 10.1 Å². The smallest absolute Gasteiger partial charge is 0.338 e. The van der Waals surface area contributed by atoms with Crippen LogP contribution in [0.5, 0.6) is 0 Å². The summed E-state index contributed by atoms with van der Waals surface area (Å²) in [6, 6.07) is 14.3. The minimum atomic E-state index is -1.02. The summed E-state index contributed by atoms with van der Waals surface area (Å²) in [5.74, 6) is -1.48. The molecule has 0 radical (unpaired) electrons. The summed E-state index contributed by atoms with van der Waals surface area (Å²) in [6.07, 6.45) is -2.78. The van der Waals surface area contributed by atoms with Crippen molar-refractivity contribution in [3.05, 3.63) is 70.3 Å². The number of ether oxygens (including phenoxy) is 3. The number of nitrogens with zero attached hydrogens (tertiary/aromatic N) is 1. The first-order valence-corrected chi connectivity index (χ1v) is 11.8. The lowest BCUT2D eigenvalue weighted by atomic mass is 10.1. The SMILES string of the molecule is CC(=O)O[C@@H]1[C@@H](OC(C)=O)[C@@H](Sc2ccc([N+](=O)[O-])cc2)SC[C@@H]1OC(=O)c1ccccc1. The molecule has 3 rings (SSSR count). The van der Waals surface area contributed by atoms with Gasteiger partial charge in [0, 0.05) is 36.6 Å². The third-order valence-electron chi connectivity index (χ3n) is 4.56. The van der Waals surface area contributed by atoms with Crippen LogP contribution in [0.1, 0.15) is 24.2 Å². The first kappa shape index (κ1) is 24.6. The molecule has 1 fully saturated rings. The topological polar surface area (TPSA) is 122 Å². The summed E-state index contributed by atoms with van der Waals surface area (Å²) in [4.78, 5) is 47.4. The molecule has 0 unspecified atom stereocenters. The van der Waals surface area contributed by atoms with E-state index in [1.54, 1.807) is 42.5 Å². The zero-order valence-corrected chi connectivity index (χ0v) is 19.4. The van der Waals surface area contributed by atoms with Crippen molar-refractivity contribution < 1.29 is 33.5 Å². The van der Waals surface area contributed by atoms with Crippen LogP contribution < -0.4 is 0 Å². The second-order valence-electron chi connectivity index (χ2n) is 7.03. The van der Waals surface area contributed by atoms with Gasteiger partial charge >= 0.3 is 17.9 Å². The molecule has 0 aliphatic carbocycles. The van der Waals surface area contributed by atoms with E-state index in [9.17, 15) is 24.5 Å². The van der Waals surface area contributed by atoms with E-state index in [0.29, 0.717) is 16.2 Å². The highest BCUT2D eigenvalue weighted by molar-refractivity contribution is 8.17. The molecular weight excluding hydrogens is 470 g/mol.